The summed E-state index contributed by atoms with van der Waals surface area (Å²) in [6.45, 7) is 0. The van der Waals surface area contributed by atoms with Gasteiger partial charge in [0, 0.05) is 0 Å². The number of carbonyl (C=O) groups is 2. The zero-order chi connectivity index (χ0) is 10.4. The Morgan fingerprint density at radius 3 is 1.69 bits per heavy atom. The maximum atomic E-state index is 11.9. The Hall–Kier alpha value is -1.27. The van der Waals surface area contributed by atoms with Crippen molar-refractivity contribution in [2.45, 2.75) is 12.6 Å². The van der Waals surface area contributed by atoms with Crippen LogP contribution in [-0.2, 0) is 9.59 Å². The first-order valence-corrected chi connectivity index (χ1v) is 3.26. The number of carboxylic acids is 2. The molecule has 1 atom stereocenters. The van der Waals surface area contributed by atoms with Crippen molar-refractivity contribution in [3.63, 3.8) is 0 Å². The second kappa shape index (κ2) is 2.36. The number of rotatable bonds is 2. The molecule has 1 rings (SSSR count). The van der Waals surface area contributed by atoms with Crippen molar-refractivity contribution in [1.82, 2.24) is 0 Å². The summed E-state index contributed by atoms with van der Waals surface area (Å²) in [6, 6.07) is 0. The van der Waals surface area contributed by atoms with Crippen molar-refractivity contribution >= 4 is 11.9 Å². The summed E-state index contributed by atoms with van der Waals surface area (Å²) >= 11 is 0. The minimum Gasteiger partial charge on any atom is -0.480 e. The van der Waals surface area contributed by atoms with E-state index in [0.717, 1.165) is 0 Å². The van der Waals surface area contributed by atoms with Gasteiger partial charge in [-0.15, -0.1) is 0 Å². The normalized spacial score (nSPS) is 25.3. The molecule has 0 heterocycles. The average molecular weight is 198 g/mol. The van der Waals surface area contributed by atoms with Crippen molar-refractivity contribution in [1.29, 1.82) is 0 Å². The molecule has 0 aliphatic heterocycles. The zero-order valence-electron chi connectivity index (χ0n) is 6.13. The molecule has 7 heteroatoms. The SMILES string of the molecule is O=C(O)C1(C(=O)O)CC1C(F)(F)F. The summed E-state index contributed by atoms with van der Waals surface area (Å²) in [7, 11) is 0. The number of hydrogen-bond acceptors (Lipinski definition) is 2. The van der Waals surface area contributed by atoms with E-state index in [9.17, 15) is 22.8 Å². The Morgan fingerprint density at radius 2 is 1.62 bits per heavy atom. The van der Waals surface area contributed by atoms with Crippen molar-refractivity contribution in [3.8, 4) is 0 Å². The predicted molar refractivity (Wildman–Crippen MR) is 31.9 cm³/mol. The van der Waals surface area contributed by atoms with Crippen LogP contribution >= 0.6 is 0 Å². The molecule has 1 aliphatic carbocycles. The summed E-state index contributed by atoms with van der Waals surface area (Å²) in [4.78, 5) is 20.6. The summed E-state index contributed by atoms with van der Waals surface area (Å²) in [5, 5.41) is 16.7. The first-order chi connectivity index (χ1) is 5.73. The van der Waals surface area contributed by atoms with Gasteiger partial charge in [0.25, 0.3) is 0 Å². The summed E-state index contributed by atoms with van der Waals surface area (Å²) in [6.07, 6.45) is -5.63. The van der Waals surface area contributed by atoms with E-state index < -0.39 is 35.9 Å². The number of halogens is 3. The smallest absolute Gasteiger partial charge is 0.393 e. The van der Waals surface area contributed by atoms with E-state index in [0.29, 0.717) is 0 Å². The Balaban J connectivity index is 2.92. The maximum absolute atomic E-state index is 11.9. The van der Waals surface area contributed by atoms with E-state index in [1.54, 1.807) is 0 Å². The number of hydrogen-bond donors (Lipinski definition) is 2. The summed E-state index contributed by atoms with van der Waals surface area (Å²) in [5.74, 6) is -6.11. The first kappa shape index (κ1) is 9.82. The molecule has 0 aromatic rings. The molecule has 0 amide bonds. The molecule has 0 saturated heterocycles. The van der Waals surface area contributed by atoms with E-state index in [2.05, 4.69) is 0 Å². The van der Waals surface area contributed by atoms with Crippen molar-refractivity contribution in [2.24, 2.45) is 11.3 Å². The molecule has 1 aliphatic rings. The molecular formula is C6H5F3O4. The zero-order valence-corrected chi connectivity index (χ0v) is 6.13. The lowest BCUT2D eigenvalue weighted by Gasteiger charge is -2.08. The fourth-order valence-electron chi connectivity index (χ4n) is 1.22. The Labute approximate surface area is 70.0 Å². The molecule has 13 heavy (non-hydrogen) atoms. The molecule has 2 N–H and O–H groups in total. The van der Waals surface area contributed by atoms with Gasteiger partial charge in [0.2, 0.25) is 0 Å². The molecule has 0 spiro atoms. The second-order valence-electron chi connectivity index (χ2n) is 2.88. The standard InChI is InChI=1S/C6H5F3O4/c7-6(8,9)2-1-5(2,3(10)11)4(12)13/h2H,1H2,(H,10,11)(H,12,13). The Bertz CT molecular complexity index is 256. The van der Waals surface area contributed by atoms with Gasteiger partial charge in [-0.05, 0) is 6.42 Å². The highest BCUT2D eigenvalue weighted by Crippen LogP contribution is 2.60. The van der Waals surface area contributed by atoms with Gasteiger partial charge in [0.15, 0.2) is 5.41 Å². The fourth-order valence-corrected chi connectivity index (χ4v) is 1.22. The number of alkyl halides is 3. The molecule has 0 bridgehead atoms. The summed E-state index contributed by atoms with van der Waals surface area (Å²) in [5.41, 5.74) is -2.64. The highest BCUT2D eigenvalue weighted by Gasteiger charge is 2.76. The topological polar surface area (TPSA) is 74.6 Å². The number of aliphatic carboxylic acids is 2. The van der Waals surface area contributed by atoms with E-state index in [-0.39, 0.29) is 0 Å². The van der Waals surface area contributed by atoms with Gasteiger partial charge in [-0.1, -0.05) is 0 Å². The third-order valence-corrected chi connectivity index (χ3v) is 2.12. The molecule has 74 valence electrons. The Morgan fingerprint density at radius 1 is 1.23 bits per heavy atom. The van der Waals surface area contributed by atoms with Crippen LogP contribution < -0.4 is 0 Å². The number of carboxylic acid groups (broad SMARTS) is 2. The Kier molecular flexibility index (Phi) is 1.78. The largest absolute Gasteiger partial charge is 0.480 e. The van der Waals surface area contributed by atoms with Crippen LogP contribution in [0.15, 0.2) is 0 Å². The van der Waals surface area contributed by atoms with Crippen LogP contribution in [0.2, 0.25) is 0 Å². The van der Waals surface area contributed by atoms with Gasteiger partial charge >= 0.3 is 18.1 Å². The molecule has 1 unspecified atom stereocenters. The van der Waals surface area contributed by atoms with Crippen LogP contribution in [0.1, 0.15) is 6.42 Å². The maximum Gasteiger partial charge on any atom is 0.393 e. The molecular weight excluding hydrogens is 193 g/mol. The van der Waals surface area contributed by atoms with Crippen LogP contribution in [0.3, 0.4) is 0 Å². The van der Waals surface area contributed by atoms with Crippen LogP contribution in [0.25, 0.3) is 0 Å². The molecule has 4 nitrogen and oxygen atoms in total. The first-order valence-electron chi connectivity index (χ1n) is 3.26. The quantitative estimate of drug-likeness (QED) is 0.641. The highest BCUT2D eigenvalue weighted by atomic mass is 19.4. The average Bonchev–Trinajstić information content (AvgIpc) is 2.58. The van der Waals surface area contributed by atoms with E-state index in [1.165, 1.54) is 0 Å². The van der Waals surface area contributed by atoms with E-state index in [4.69, 9.17) is 10.2 Å². The lowest BCUT2D eigenvalue weighted by Crippen LogP contribution is -2.31. The van der Waals surface area contributed by atoms with Crippen LogP contribution in [0, 0.1) is 11.3 Å². The van der Waals surface area contributed by atoms with Gasteiger partial charge in [0.05, 0.1) is 5.92 Å². The summed E-state index contributed by atoms with van der Waals surface area (Å²) < 4.78 is 35.8. The van der Waals surface area contributed by atoms with Crippen LogP contribution in [0.4, 0.5) is 13.2 Å². The minimum absolute atomic E-state index is 0.874. The van der Waals surface area contributed by atoms with Crippen molar-refractivity contribution in [2.75, 3.05) is 0 Å². The minimum atomic E-state index is -4.75. The predicted octanol–water partition coefficient (Wildman–Crippen LogP) is 0.724. The third-order valence-electron chi connectivity index (χ3n) is 2.12. The van der Waals surface area contributed by atoms with E-state index >= 15 is 0 Å². The lowest BCUT2D eigenvalue weighted by molar-refractivity contribution is -0.177. The van der Waals surface area contributed by atoms with Gasteiger partial charge < -0.3 is 10.2 Å². The van der Waals surface area contributed by atoms with Crippen LogP contribution in [-0.4, -0.2) is 28.3 Å². The van der Waals surface area contributed by atoms with Crippen LogP contribution in [0.5, 0.6) is 0 Å². The molecule has 1 saturated carbocycles. The molecule has 0 aromatic heterocycles. The second-order valence-corrected chi connectivity index (χ2v) is 2.88. The fraction of sp³-hybridized carbons (Fsp3) is 0.667. The lowest BCUT2D eigenvalue weighted by atomic mass is 10.0. The highest BCUT2D eigenvalue weighted by molar-refractivity contribution is 6.02. The van der Waals surface area contributed by atoms with Crippen molar-refractivity contribution in [3.05, 3.63) is 0 Å². The monoisotopic (exact) mass is 198 g/mol. The van der Waals surface area contributed by atoms with Gasteiger partial charge in [-0.3, -0.25) is 9.59 Å². The van der Waals surface area contributed by atoms with Gasteiger partial charge in [-0.25, -0.2) is 0 Å². The van der Waals surface area contributed by atoms with Crippen molar-refractivity contribution < 1.29 is 33.0 Å². The third kappa shape index (κ3) is 1.24. The molecule has 0 aromatic carbocycles. The van der Waals surface area contributed by atoms with Gasteiger partial charge in [-0.2, -0.15) is 13.2 Å². The molecule has 0 radical (unpaired) electrons. The van der Waals surface area contributed by atoms with Gasteiger partial charge in [0.1, 0.15) is 0 Å². The van der Waals surface area contributed by atoms with E-state index in [1.807, 2.05) is 0 Å². The molecule has 1 fully saturated rings.